The van der Waals surface area contributed by atoms with Gasteiger partial charge in [-0.1, -0.05) is 34.8 Å². The van der Waals surface area contributed by atoms with Gasteiger partial charge in [0, 0.05) is 33.2 Å². The number of rotatable bonds is 6. The molecule has 13 heteroatoms. The van der Waals surface area contributed by atoms with Crippen molar-refractivity contribution in [2.75, 3.05) is 41.9 Å². The molecule has 4 rings (SSSR count). The zero-order valence-corrected chi connectivity index (χ0v) is 21.7. The van der Waals surface area contributed by atoms with Gasteiger partial charge in [-0.15, -0.1) is 0 Å². The van der Waals surface area contributed by atoms with E-state index in [0.29, 0.717) is 59.5 Å². The van der Waals surface area contributed by atoms with Crippen molar-refractivity contribution < 1.29 is 9.84 Å². The predicted molar refractivity (Wildman–Crippen MR) is 139 cm³/mol. The molecular weight excluding hydrogens is 569 g/mol. The van der Waals surface area contributed by atoms with Gasteiger partial charge in [-0.2, -0.15) is 20.1 Å². The van der Waals surface area contributed by atoms with Crippen molar-refractivity contribution in [3.8, 4) is 5.75 Å². The van der Waals surface area contributed by atoms with Crippen molar-refractivity contribution in [1.82, 2.24) is 15.0 Å². The van der Waals surface area contributed by atoms with Gasteiger partial charge in [0.25, 0.3) is 0 Å². The fraction of sp³-hybridized carbons (Fsp3) is 0.238. The van der Waals surface area contributed by atoms with Crippen LogP contribution in [0.25, 0.3) is 0 Å². The van der Waals surface area contributed by atoms with Crippen LogP contribution in [0.1, 0.15) is 11.1 Å². The largest absolute Gasteiger partial charge is 0.506 e. The Labute approximate surface area is 219 Å². The Hall–Kier alpha value is -2.37. The lowest BCUT2D eigenvalue weighted by Gasteiger charge is -2.27. The number of phenolic OH excluding ortho intramolecular Hbond substituents is 1. The third-order valence-electron chi connectivity index (χ3n) is 4.84. The number of anilines is 4. The number of hydrogen-bond acceptors (Lipinski definition) is 9. The first-order valence-electron chi connectivity index (χ1n) is 10.1. The summed E-state index contributed by atoms with van der Waals surface area (Å²) < 4.78 is 6.24. The first-order valence-corrected chi connectivity index (χ1v) is 12.0. The Balaban J connectivity index is 1.63. The SMILES string of the molecule is Cc1cc(Br)c(Nc2nc(N/N=C/c3cc(Cl)cc(Cl)c3O)nc(N3CCOCC3)n2)cc1Cl. The highest BCUT2D eigenvalue weighted by Gasteiger charge is 2.17. The van der Waals surface area contributed by atoms with Gasteiger partial charge in [0.15, 0.2) is 0 Å². The van der Waals surface area contributed by atoms with E-state index in [1.165, 1.54) is 18.3 Å². The van der Waals surface area contributed by atoms with Gasteiger partial charge in [-0.05, 0) is 52.7 Å². The normalized spacial score (nSPS) is 14.0. The predicted octanol–water partition coefficient (Wildman–Crippen LogP) is 5.63. The zero-order valence-electron chi connectivity index (χ0n) is 17.8. The number of benzene rings is 2. The van der Waals surface area contributed by atoms with Crippen molar-refractivity contribution in [2.45, 2.75) is 6.92 Å². The molecule has 0 amide bonds. The van der Waals surface area contributed by atoms with Gasteiger partial charge in [-0.3, -0.25) is 0 Å². The van der Waals surface area contributed by atoms with E-state index < -0.39 is 0 Å². The highest BCUT2D eigenvalue weighted by molar-refractivity contribution is 9.10. The molecule has 0 saturated carbocycles. The molecule has 1 saturated heterocycles. The van der Waals surface area contributed by atoms with Crippen molar-refractivity contribution in [3.05, 3.63) is 54.9 Å². The minimum atomic E-state index is -0.135. The second-order valence-corrected chi connectivity index (χ2v) is 9.39. The average molecular weight is 588 g/mol. The molecule has 34 heavy (non-hydrogen) atoms. The number of aromatic nitrogens is 3. The molecule has 3 aromatic rings. The minimum Gasteiger partial charge on any atom is -0.506 e. The molecule has 0 aliphatic carbocycles. The van der Waals surface area contributed by atoms with E-state index in [-0.39, 0.29) is 16.7 Å². The number of hydrogen-bond donors (Lipinski definition) is 3. The maximum absolute atomic E-state index is 10.1. The third kappa shape index (κ3) is 6.00. The van der Waals surface area contributed by atoms with Gasteiger partial charge in [0.05, 0.1) is 30.1 Å². The molecule has 0 spiro atoms. The number of morpholine rings is 1. The molecule has 1 aliphatic rings. The van der Waals surface area contributed by atoms with E-state index in [2.05, 4.69) is 46.7 Å². The lowest BCUT2D eigenvalue weighted by atomic mass is 10.2. The molecule has 2 heterocycles. The van der Waals surface area contributed by atoms with Crippen LogP contribution < -0.4 is 15.6 Å². The summed E-state index contributed by atoms with van der Waals surface area (Å²) in [6.45, 7) is 4.34. The first kappa shape index (κ1) is 24.7. The molecule has 1 fully saturated rings. The van der Waals surface area contributed by atoms with Gasteiger partial charge in [0.2, 0.25) is 17.8 Å². The van der Waals surface area contributed by atoms with Crippen molar-refractivity contribution in [2.24, 2.45) is 5.10 Å². The monoisotopic (exact) mass is 585 g/mol. The molecule has 0 atom stereocenters. The molecule has 0 bridgehead atoms. The number of aryl methyl sites for hydroxylation is 1. The molecule has 9 nitrogen and oxygen atoms in total. The molecule has 1 aromatic heterocycles. The Morgan fingerprint density at radius 1 is 1.06 bits per heavy atom. The Bertz CT molecular complexity index is 1240. The number of ether oxygens (including phenoxy) is 1. The van der Waals surface area contributed by atoms with Crippen molar-refractivity contribution >= 4 is 80.5 Å². The molecule has 0 radical (unpaired) electrons. The van der Waals surface area contributed by atoms with Crippen LogP contribution in [-0.2, 0) is 4.74 Å². The summed E-state index contributed by atoms with van der Waals surface area (Å²) >= 11 is 21.8. The van der Waals surface area contributed by atoms with E-state index in [0.717, 1.165) is 10.0 Å². The van der Waals surface area contributed by atoms with Gasteiger partial charge >= 0.3 is 0 Å². The van der Waals surface area contributed by atoms with E-state index in [1.54, 1.807) is 6.07 Å². The lowest BCUT2D eigenvalue weighted by Crippen LogP contribution is -2.37. The summed E-state index contributed by atoms with van der Waals surface area (Å²) in [5, 5.41) is 18.5. The molecule has 3 N–H and O–H groups in total. The fourth-order valence-electron chi connectivity index (χ4n) is 3.08. The second-order valence-electron chi connectivity index (χ2n) is 7.28. The van der Waals surface area contributed by atoms with Crippen LogP contribution in [0.15, 0.2) is 33.8 Å². The molecule has 2 aromatic carbocycles. The van der Waals surface area contributed by atoms with Crippen LogP contribution in [0, 0.1) is 6.92 Å². The minimum absolute atomic E-state index is 0.123. The quantitative estimate of drug-likeness (QED) is 0.252. The van der Waals surface area contributed by atoms with Gasteiger partial charge < -0.3 is 20.1 Å². The van der Waals surface area contributed by atoms with Crippen LogP contribution in [0.4, 0.5) is 23.5 Å². The molecule has 1 aliphatic heterocycles. The fourth-order valence-corrected chi connectivity index (χ4v) is 4.31. The first-order chi connectivity index (χ1) is 16.3. The summed E-state index contributed by atoms with van der Waals surface area (Å²) in [5.41, 5.74) is 4.74. The van der Waals surface area contributed by atoms with Crippen molar-refractivity contribution in [1.29, 1.82) is 0 Å². The van der Waals surface area contributed by atoms with Crippen molar-refractivity contribution in [3.63, 3.8) is 0 Å². The average Bonchev–Trinajstić information content (AvgIpc) is 2.81. The second kappa shape index (κ2) is 10.9. The Morgan fingerprint density at radius 2 is 1.79 bits per heavy atom. The van der Waals surface area contributed by atoms with Crippen LogP contribution >= 0.6 is 50.7 Å². The lowest BCUT2D eigenvalue weighted by molar-refractivity contribution is 0.122. The number of nitrogens with zero attached hydrogens (tertiary/aromatic N) is 5. The zero-order chi connectivity index (χ0) is 24.2. The number of nitrogens with one attached hydrogen (secondary N) is 2. The topological polar surface area (TPSA) is 108 Å². The van der Waals surface area contributed by atoms with Crippen LogP contribution in [0.2, 0.25) is 15.1 Å². The highest BCUT2D eigenvalue weighted by Crippen LogP contribution is 2.32. The van der Waals surface area contributed by atoms with E-state index in [9.17, 15) is 5.11 Å². The van der Waals surface area contributed by atoms with E-state index in [1.807, 2.05) is 17.9 Å². The van der Waals surface area contributed by atoms with Gasteiger partial charge in [0.1, 0.15) is 5.75 Å². The smallest absolute Gasteiger partial charge is 0.250 e. The number of hydrazone groups is 1. The maximum atomic E-state index is 10.1. The van der Waals surface area contributed by atoms with E-state index >= 15 is 0 Å². The summed E-state index contributed by atoms with van der Waals surface area (Å²) in [4.78, 5) is 15.4. The Morgan fingerprint density at radius 3 is 2.56 bits per heavy atom. The number of phenols is 1. The van der Waals surface area contributed by atoms with Crippen LogP contribution in [0.3, 0.4) is 0 Å². The summed E-state index contributed by atoms with van der Waals surface area (Å²) in [6.07, 6.45) is 1.37. The maximum Gasteiger partial charge on any atom is 0.250 e. The summed E-state index contributed by atoms with van der Waals surface area (Å²) in [5.74, 6) is 0.812. The standard InChI is InChI=1S/C21H19BrCl3N7O2/c1-11-6-14(22)17(9-15(11)24)27-19-28-20(30-21(29-19)32-2-4-34-5-3-32)31-26-10-12-7-13(23)8-16(25)18(12)33/h6-10,33H,2-5H2,1H3,(H2,27,28,29,30,31)/b26-10+. The van der Waals surface area contributed by atoms with E-state index in [4.69, 9.17) is 39.5 Å². The highest BCUT2D eigenvalue weighted by atomic mass is 79.9. The van der Waals surface area contributed by atoms with Crippen LogP contribution in [-0.4, -0.2) is 52.6 Å². The summed E-state index contributed by atoms with van der Waals surface area (Å²) in [6, 6.07) is 6.67. The number of aromatic hydroxyl groups is 1. The third-order valence-corrected chi connectivity index (χ3v) is 6.41. The molecular formula is C21H19BrCl3N7O2. The molecule has 0 unspecified atom stereocenters. The van der Waals surface area contributed by atoms with Gasteiger partial charge in [-0.25, -0.2) is 5.43 Å². The molecule has 178 valence electrons. The summed E-state index contributed by atoms with van der Waals surface area (Å²) in [7, 11) is 0. The van der Waals surface area contributed by atoms with Crippen LogP contribution in [0.5, 0.6) is 5.75 Å². The number of halogens is 4. The Kier molecular flexibility index (Phi) is 7.95.